The van der Waals surface area contributed by atoms with Gasteiger partial charge in [-0.05, 0) is 86.6 Å². The standard InChI is InChI=1S/C36H44O10/c1-4-42-34(39)20-15-27(28(37)16-11-25-13-18-30(32(23-25)40-2)45-35-9-5-7-21-43-35)29(38)17-12-26-14-19-31(33(24-26)41-3)46-36-10-6-8-22-44-36/h11-14,16-19,23-24,35-37H,4-10,15,20-22H2,1-3H3/b16-11+,17-12+,28-27-. The lowest BCUT2D eigenvalue weighted by Crippen LogP contribution is -2.25. The quantitative estimate of drug-likeness (QED) is 0.0951. The van der Waals surface area contributed by atoms with Gasteiger partial charge in [0.15, 0.2) is 41.4 Å². The predicted molar refractivity (Wildman–Crippen MR) is 173 cm³/mol. The van der Waals surface area contributed by atoms with Crippen LogP contribution >= 0.6 is 0 Å². The minimum atomic E-state index is -0.460. The molecule has 248 valence electrons. The molecule has 0 aliphatic carbocycles. The number of benzene rings is 2. The van der Waals surface area contributed by atoms with E-state index in [2.05, 4.69) is 0 Å². The molecule has 0 bridgehead atoms. The highest BCUT2D eigenvalue weighted by Crippen LogP contribution is 2.32. The van der Waals surface area contributed by atoms with E-state index in [4.69, 9.17) is 33.2 Å². The highest BCUT2D eigenvalue weighted by molar-refractivity contribution is 6.07. The predicted octanol–water partition coefficient (Wildman–Crippen LogP) is 6.97. The second-order valence-electron chi connectivity index (χ2n) is 10.8. The molecule has 1 N–H and O–H groups in total. The van der Waals surface area contributed by atoms with Gasteiger partial charge in [-0.25, -0.2) is 0 Å². The highest BCUT2D eigenvalue weighted by Gasteiger charge is 2.19. The van der Waals surface area contributed by atoms with Crippen LogP contribution in [0.3, 0.4) is 0 Å². The van der Waals surface area contributed by atoms with Crippen molar-refractivity contribution in [1.82, 2.24) is 0 Å². The first-order chi connectivity index (χ1) is 22.4. The number of methoxy groups -OCH3 is 2. The van der Waals surface area contributed by atoms with Crippen molar-refractivity contribution in [3.8, 4) is 23.0 Å². The molecule has 0 spiro atoms. The zero-order valence-electron chi connectivity index (χ0n) is 26.8. The maximum atomic E-state index is 13.3. The maximum absolute atomic E-state index is 13.3. The van der Waals surface area contributed by atoms with Crippen LogP contribution in [0.1, 0.15) is 69.4 Å². The summed E-state index contributed by atoms with van der Waals surface area (Å²) in [4.78, 5) is 25.4. The minimum absolute atomic E-state index is 0.00679. The van der Waals surface area contributed by atoms with Crippen LogP contribution < -0.4 is 18.9 Å². The second-order valence-corrected chi connectivity index (χ2v) is 10.8. The number of aliphatic hydroxyl groups is 1. The van der Waals surface area contributed by atoms with E-state index in [-0.39, 0.29) is 43.4 Å². The lowest BCUT2D eigenvalue weighted by atomic mass is 10.0. The Morgan fingerprint density at radius 1 is 0.783 bits per heavy atom. The van der Waals surface area contributed by atoms with Crippen molar-refractivity contribution in [3.63, 3.8) is 0 Å². The number of rotatable bonds is 15. The lowest BCUT2D eigenvalue weighted by Gasteiger charge is -2.24. The van der Waals surface area contributed by atoms with Crippen molar-refractivity contribution in [2.24, 2.45) is 0 Å². The molecular weight excluding hydrogens is 592 g/mol. The molecule has 46 heavy (non-hydrogen) atoms. The van der Waals surface area contributed by atoms with E-state index in [1.165, 1.54) is 12.2 Å². The van der Waals surface area contributed by atoms with Gasteiger partial charge in [-0.1, -0.05) is 24.3 Å². The highest BCUT2D eigenvalue weighted by atomic mass is 16.7. The number of ketones is 1. The van der Waals surface area contributed by atoms with Gasteiger partial charge < -0.3 is 38.3 Å². The molecule has 0 aromatic heterocycles. The van der Waals surface area contributed by atoms with Crippen LogP contribution in [0.2, 0.25) is 0 Å². The average molecular weight is 637 g/mol. The molecular formula is C36H44O10. The van der Waals surface area contributed by atoms with Crippen molar-refractivity contribution >= 4 is 23.9 Å². The molecule has 10 nitrogen and oxygen atoms in total. The largest absolute Gasteiger partial charge is 0.508 e. The van der Waals surface area contributed by atoms with Crippen LogP contribution in [-0.4, -0.2) is 63.5 Å². The van der Waals surface area contributed by atoms with Crippen LogP contribution in [0.15, 0.2) is 59.9 Å². The molecule has 2 aliphatic rings. The molecule has 2 atom stereocenters. The van der Waals surface area contributed by atoms with Gasteiger partial charge in [0.25, 0.3) is 0 Å². The molecule has 4 rings (SSSR count). The van der Waals surface area contributed by atoms with E-state index in [9.17, 15) is 14.7 Å². The van der Waals surface area contributed by atoms with Crippen molar-refractivity contribution in [2.75, 3.05) is 34.0 Å². The van der Waals surface area contributed by atoms with E-state index >= 15 is 0 Å². The number of allylic oxidation sites excluding steroid dienone is 3. The molecule has 2 fully saturated rings. The van der Waals surface area contributed by atoms with Crippen LogP contribution in [-0.2, 0) is 23.8 Å². The fourth-order valence-corrected chi connectivity index (χ4v) is 5.05. The third kappa shape index (κ3) is 10.4. The van der Waals surface area contributed by atoms with Gasteiger partial charge in [-0.15, -0.1) is 0 Å². The van der Waals surface area contributed by atoms with Crippen molar-refractivity contribution < 1.29 is 47.9 Å². The summed E-state index contributed by atoms with van der Waals surface area (Å²) in [7, 11) is 3.10. The monoisotopic (exact) mass is 636 g/mol. The summed E-state index contributed by atoms with van der Waals surface area (Å²) in [6.45, 7) is 3.26. The molecule has 0 amide bonds. The Morgan fingerprint density at radius 2 is 1.33 bits per heavy atom. The van der Waals surface area contributed by atoms with Crippen molar-refractivity contribution in [2.45, 2.75) is 70.9 Å². The molecule has 2 unspecified atom stereocenters. The number of aliphatic hydroxyl groups excluding tert-OH is 1. The topological polar surface area (TPSA) is 119 Å². The molecule has 10 heteroatoms. The Labute approximate surface area is 270 Å². The summed E-state index contributed by atoms with van der Waals surface area (Å²) in [5, 5.41) is 11.0. The number of esters is 1. The van der Waals surface area contributed by atoms with Crippen LogP contribution in [0, 0.1) is 0 Å². The molecule has 2 heterocycles. The number of carbonyl (C=O) groups is 2. The van der Waals surface area contributed by atoms with E-state index in [1.54, 1.807) is 63.6 Å². The average Bonchev–Trinajstić information content (AvgIpc) is 3.08. The van der Waals surface area contributed by atoms with Crippen molar-refractivity contribution in [1.29, 1.82) is 0 Å². The smallest absolute Gasteiger partial charge is 0.306 e. The minimum Gasteiger partial charge on any atom is -0.508 e. The third-order valence-electron chi connectivity index (χ3n) is 7.52. The maximum Gasteiger partial charge on any atom is 0.306 e. The SMILES string of the molecule is CCOC(=O)CC/C(C(=O)/C=C/c1ccc(OC2CCCCO2)c(OC)c1)=C(O)\C=C\c1ccc(OC2CCCCO2)c(OC)c1. The van der Waals surface area contributed by atoms with E-state index in [0.717, 1.165) is 38.5 Å². The van der Waals surface area contributed by atoms with Gasteiger partial charge in [0.05, 0.1) is 34.0 Å². The first kappa shape index (κ1) is 34.6. The third-order valence-corrected chi connectivity index (χ3v) is 7.52. The fourth-order valence-electron chi connectivity index (χ4n) is 5.05. The zero-order chi connectivity index (χ0) is 32.7. The first-order valence-corrected chi connectivity index (χ1v) is 15.8. The summed E-state index contributed by atoms with van der Waals surface area (Å²) >= 11 is 0. The van der Waals surface area contributed by atoms with Gasteiger partial charge in [0.1, 0.15) is 5.76 Å². The summed E-state index contributed by atoms with van der Waals surface area (Å²) in [5.41, 5.74) is 1.47. The Kier molecular flexibility index (Phi) is 13.5. The Balaban J connectivity index is 1.50. The molecule has 2 aromatic carbocycles. The molecule has 0 saturated carbocycles. The van der Waals surface area contributed by atoms with Gasteiger partial charge >= 0.3 is 5.97 Å². The number of hydrogen-bond acceptors (Lipinski definition) is 10. The molecule has 2 aliphatic heterocycles. The second kappa shape index (κ2) is 18.0. The van der Waals surface area contributed by atoms with E-state index < -0.39 is 11.8 Å². The Bertz CT molecular complexity index is 1400. The summed E-state index contributed by atoms with van der Waals surface area (Å²) in [6, 6.07) is 10.7. The van der Waals surface area contributed by atoms with Crippen molar-refractivity contribution in [3.05, 3.63) is 71.0 Å². The van der Waals surface area contributed by atoms with Gasteiger partial charge in [-0.2, -0.15) is 0 Å². The normalized spacial score (nSPS) is 19.0. The Hall–Kier alpha value is -4.28. The van der Waals surface area contributed by atoms with E-state index in [1.807, 2.05) is 6.07 Å². The zero-order valence-corrected chi connectivity index (χ0v) is 26.8. The summed E-state index contributed by atoms with van der Waals surface area (Å²) in [5.74, 6) is 0.954. The van der Waals surface area contributed by atoms with Crippen LogP contribution in [0.25, 0.3) is 12.2 Å². The summed E-state index contributed by atoms with van der Waals surface area (Å²) < 4.78 is 39.3. The molecule has 2 saturated heterocycles. The number of ether oxygens (including phenoxy) is 7. The lowest BCUT2D eigenvalue weighted by molar-refractivity contribution is -0.143. The van der Waals surface area contributed by atoms with Gasteiger partial charge in [-0.3, -0.25) is 9.59 Å². The van der Waals surface area contributed by atoms with Gasteiger partial charge in [0, 0.05) is 24.8 Å². The summed E-state index contributed by atoms with van der Waals surface area (Å²) in [6.07, 6.45) is 11.1. The molecule has 0 radical (unpaired) electrons. The van der Waals surface area contributed by atoms with Gasteiger partial charge in [0.2, 0.25) is 0 Å². The Morgan fingerprint density at radius 3 is 1.80 bits per heavy atom. The van der Waals surface area contributed by atoms with Crippen LogP contribution in [0.4, 0.5) is 0 Å². The number of carbonyl (C=O) groups excluding carboxylic acids is 2. The van der Waals surface area contributed by atoms with Crippen LogP contribution in [0.5, 0.6) is 23.0 Å². The fraction of sp³-hybridized carbons (Fsp3) is 0.444. The molecule has 2 aromatic rings. The number of hydrogen-bond donors (Lipinski definition) is 1. The van der Waals surface area contributed by atoms with E-state index in [0.29, 0.717) is 47.3 Å². The first-order valence-electron chi connectivity index (χ1n) is 15.8.